The first-order valence-electron chi connectivity index (χ1n) is 13.6. The molecule has 15 heteroatoms. The minimum Gasteiger partial charge on any atom is -0.444 e. The van der Waals surface area contributed by atoms with Gasteiger partial charge in [0.05, 0.1) is 26.7 Å². The predicted molar refractivity (Wildman–Crippen MR) is 159 cm³/mol. The van der Waals surface area contributed by atoms with Gasteiger partial charge in [-0.1, -0.05) is 43.1 Å². The molecule has 2 fully saturated rings. The molecule has 10 nitrogen and oxygen atoms in total. The van der Waals surface area contributed by atoms with Crippen LogP contribution in [0.15, 0.2) is 18.2 Å². The molecule has 4 rings (SSSR count). The first-order chi connectivity index (χ1) is 19.9. The van der Waals surface area contributed by atoms with Crippen LogP contribution in [-0.4, -0.2) is 70.4 Å². The monoisotopic (exact) mass is 661 g/mol. The number of ether oxygens (including phenoxy) is 1. The van der Waals surface area contributed by atoms with E-state index in [9.17, 15) is 28.0 Å². The maximum absolute atomic E-state index is 14.8. The van der Waals surface area contributed by atoms with Gasteiger partial charge in [-0.05, 0) is 46.8 Å². The van der Waals surface area contributed by atoms with E-state index in [2.05, 4.69) is 10.4 Å². The van der Waals surface area contributed by atoms with Crippen molar-refractivity contribution in [3.05, 3.63) is 49.4 Å². The van der Waals surface area contributed by atoms with E-state index < -0.39 is 46.3 Å². The SMILES string of the molecule is CC.Cc1nc(C)c(C(=O)N2CC(C(=O)NNC(=O)C(F)(F)c3ccc(Cl)c(Cl)c3)C3(CN(C(=O)OC(C)(C)C)C3)C2)s1. The van der Waals surface area contributed by atoms with Gasteiger partial charge in [0.1, 0.15) is 10.5 Å². The van der Waals surface area contributed by atoms with Gasteiger partial charge in [0.25, 0.3) is 5.91 Å². The summed E-state index contributed by atoms with van der Waals surface area (Å²) >= 11 is 12.8. The van der Waals surface area contributed by atoms with Gasteiger partial charge in [0, 0.05) is 37.2 Å². The second-order valence-corrected chi connectivity index (χ2v) is 13.2. The third-order valence-electron chi connectivity index (χ3n) is 6.88. The van der Waals surface area contributed by atoms with E-state index in [1.807, 2.05) is 13.8 Å². The fourth-order valence-electron chi connectivity index (χ4n) is 4.95. The number of thiazole rings is 1. The lowest BCUT2D eigenvalue weighted by Crippen LogP contribution is -2.65. The summed E-state index contributed by atoms with van der Waals surface area (Å²) in [7, 11) is 0. The molecule has 1 aromatic carbocycles. The Morgan fingerprint density at radius 1 is 1.02 bits per heavy atom. The molecule has 0 bridgehead atoms. The number of nitrogens with one attached hydrogen (secondary N) is 2. The molecule has 2 saturated heterocycles. The fourth-order valence-corrected chi connectivity index (χ4v) is 6.14. The summed E-state index contributed by atoms with van der Waals surface area (Å²) in [6, 6.07) is 2.95. The van der Waals surface area contributed by atoms with Crippen molar-refractivity contribution in [2.45, 2.75) is 60.0 Å². The molecule has 236 valence electrons. The van der Waals surface area contributed by atoms with Crippen LogP contribution in [0.5, 0.6) is 0 Å². The van der Waals surface area contributed by atoms with Crippen LogP contribution >= 0.6 is 34.5 Å². The van der Waals surface area contributed by atoms with Gasteiger partial charge in [-0.25, -0.2) is 9.78 Å². The summed E-state index contributed by atoms with van der Waals surface area (Å²) in [6.45, 7) is 12.9. The summed E-state index contributed by atoms with van der Waals surface area (Å²) < 4.78 is 35.0. The fraction of sp³-hybridized carbons (Fsp3) is 0.536. The Morgan fingerprint density at radius 3 is 2.16 bits per heavy atom. The smallest absolute Gasteiger partial charge is 0.410 e. The lowest BCUT2D eigenvalue weighted by atomic mass is 9.71. The number of hydrazine groups is 1. The summed E-state index contributed by atoms with van der Waals surface area (Å²) in [5.41, 5.74) is 2.11. The van der Waals surface area contributed by atoms with Crippen molar-refractivity contribution in [1.82, 2.24) is 25.6 Å². The average Bonchev–Trinajstić information content (AvgIpc) is 3.47. The van der Waals surface area contributed by atoms with E-state index in [1.54, 1.807) is 40.0 Å². The third kappa shape index (κ3) is 7.38. The number of hydrogen-bond donors (Lipinski definition) is 2. The Hall–Kier alpha value is -3.03. The third-order valence-corrected chi connectivity index (χ3v) is 8.68. The van der Waals surface area contributed by atoms with Gasteiger partial charge in [-0.15, -0.1) is 11.3 Å². The molecule has 4 amide bonds. The van der Waals surface area contributed by atoms with Gasteiger partial charge >= 0.3 is 17.9 Å². The maximum atomic E-state index is 14.8. The van der Waals surface area contributed by atoms with Crippen LogP contribution in [-0.2, 0) is 20.2 Å². The van der Waals surface area contributed by atoms with Gasteiger partial charge in [0.2, 0.25) is 5.91 Å². The summed E-state index contributed by atoms with van der Waals surface area (Å²) in [5.74, 6) is -7.85. The number of carbonyl (C=O) groups is 4. The summed E-state index contributed by atoms with van der Waals surface area (Å²) in [5, 5.41) is 0.582. The van der Waals surface area contributed by atoms with Crippen molar-refractivity contribution in [1.29, 1.82) is 0 Å². The van der Waals surface area contributed by atoms with E-state index in [4.69, 9.17) is 27.9 Å². The summed E-state index contributed by atoms with van der Waals surface area (Å²) in [6.07, 6.45) is -0.574. The highest BCUT2D eigenvalue weighted by molar-refractivity contribution is 7.13. The Labute approximate surface area is 263 Å². The van der Waals surface area contributed by atoms with Gasteiger partial charge < -0.3 is 14.5 Å². The molecule has 1 atom stereocenters. The zero-order valence-electron chi connectivity index (χ0n) is 24.9. The number of carbonyl (C=O) groups excluding carboxylic acids is 4. The van der Waals surface area contributed by atoms with Gasteiger partial charge in [-0.3, -0.25) is 25.2 Å². The Bertz CT molecular complexity index is 1410. The molecule has 0 saturated carbocycles. The van der Waals surface area contributed by atoms with Crippen molar-refractivity contribution in [3.8, 4) is 0 Å². The quantitative estimate of drug-likeness (QED) is 0.427. The number of aryl methyl sites for hydroxylation is 2. The van der Waals surface area contributed by atoms with Crippen LogP contribution in [0.4, 0.5) is 13.6 Å². The van der Waals surface area contributed by atoms with Gasteiger partial charge in [0.15, 0.2) is 0 Å². The van der Waals surface area contributed by atoms with E-state index in [1.165, 1.54) is 21.1 Å². The standard InChI is InChI=1S/C26H29Cl2F2N5O5S.C2H6/c1-13-19(41-14(2)31-13)21(37)34-9-16(25(10-34)11-35(12-25)23(39)40-24(3,4)5)20(36)32-33-22(38)26(29,30)15-6-7-17(27)18(28)8-15;1-2/h6-8,16H,9-12H2,1-5H3,(H,32,36)(H,33,38);1-2H3. The van der Waals surface area contributed by atoms with Crippen molar-refractivity contribution in [3.63, 3.8) is 0 Å². The lowest BCUT2D eigenvalue weighted by molar-refractivity contribution is -0.151. The second kappa shape index (κ2) is 12.9. The molecular weight excluding hydrogens is 627 g/mol. The molecule has 0 radical (unpaired) electrons. The molecule has 1 spiro atoms. The van der Waals surface area contributed by atoms with E-state index >= 15 is 0 Å². The molecule has 1 aromatic heterocycles. The second-order valence-electron chi connectivity index (χ2n) is 11.2. The lowest BCUT2D eigenvalue weighted by Gasteiger charge is -2.49. The molecule has 2 aliphatic heterocycles. The van der Waals surface area contributed by atoms with E-state index in [0.29, 0.717) is 15.6 Å². The Morgan fingerprint density at radius 2 is 1.63 bits per heavy atom. The van der Waals surface area contributed by atoms with Crippen LogP contribution in [0, 0.1) is 25.2 Å². The first-order valence-corrected chi connectivity index (χ1v) is 15.2. The van der Waals surface area contributed by atoms with Crippen molar-refractivity contribution in [2.75, 3.05) is 26.2 Å². The molecule has 43 heavy (non-hydrogen) atoms. The van der Waals surface area contributed by atoms with Crippen molar-refractivity contribution < 1.29 is 32.7 Å². The maximum Gasteiger partial charge on any atom is 0.410 e. The van der Waals surface area contributed by atoms with Crippen LogP contribution < -0.4 is 10.9 Å². The predicted octanol–water partition coefficient (Wildman–Crippen LogP) is 5.34. The topological polar surface area (TPSA) is 121 Å². The van der Waals surface area contributed by atoms with Crippen LogP contribution in [0.3, 0.4) is 0 Å². The Kier molecular flexibility index (Phi) is 10.3. The highest BCUT2D eigenvalue weighted by Gasteiger charge is 2.59. The number of hydrogen-bond acceptors (Lipinski definition) is 7. The first kappa shape index (κ1) is 34.5. The molecule has 0 aliphatic carbocycles. The Balaban J connectivity index is 0.00000248. The number of nitrogens with zero attached hydrogens (tertiary/aromatic N) is 3. The molecule has 2 aromatic rings. The van der Waals surface area contributed by atoms with Crippen molar-refractivity contribution >= 4 is 58.4 Å². The number of alkyl halides is 2. The summed E-state index contributed by atoms with van der Waals surface area (Å²) in [4.78, 5) is 59.3. The molecule has 2 aliphatic rings. The van der Waals surface area contributed by atoms with Crippen LogP contribution in [0.25, 0.3) is 0 Å². The average molecular weight is 663 g/mol. The normalized spacial score (nSPS) is 17.5. The number of rotatable bonds is 4. The van der Waals surface area contributed by atoms with E-state index in [0.717, 1.165) is 18.2 Å². The highest BCUT2D eigenvalue weighted by atomic mass is 35.5. The van der Waals surface area contributed by atoms with Crippen LogP contribution in [0.1, 0.15) is 60.6 Å². The number of likely N-dealkylation sites (tertiary alicyclic amines) is 2. The van der Waals surface area contributed by atoms with Gasteiger partial charge in [-0.2, -0.15) is 8.78 Å². The van der Waals surface area contributed by atoms with E-state index in [-0.39, 0.29) is 42.1 Å². The molecule has 3 heterocycles. The minimum atomic E-state index is -4.04. The molecular formula is C28H35Cl2F2N5O5S. The number of amides is 4. The number of aromatic nitrogens is 1. The number of benzene rings is 1. The van der Waals surface area contributed by atoms with Crippen LogP contribution in [0.2, 0.25) is 10.0 Å². The zero-order chi connectivity index (χ0) is 32.5. The highest BCUT2D eigenvalue weighted by Crippen LogP contribution is 2.45. The molecule has 1 unspecified atom stereocenters. The molecule has 2 N–H and O–H groups in total. The van der Waals surface area contributed by atoms with Crippen molar-refractivity contribution in [2.24, 2.45) is 11.3 Å². The zero-order valence-corrected chi connectivity index (χ0v) is 27.3. The number of halogens is 4. The largest absolute Gasteiger partial charge is 0.444 e. The minimum absolute atomic E-state index is 0.0372.